The maximum absolute atomic E-state index is 13.4. The van der Waals surface area contributed by atoms with Gasteiger partial charge >= 0.3 is 0 Å². The number of nitrogens with zero attached hydrogens (tertiary/aromatic N) is 1. The van der Waals surface area contributed by atoms with Crippen molar-refractivity contribution in [3.05, 3.63) is 80.4 Å². The number of aryl methyl sites for hydroxylation is 1. The van der Waals surface area contributed by atoms with Crippen molar-refractivity contribution in [3.63, 3.8) is 0 Å². The Morgan fingerprint density at radius 3 is 2.45 bits per heavy atom. The van der Waals surface area contributed by atoms with Gasteiger partial charge in [0.15, 0.2) is 11.5 Å². The zero-order chi connectivity index (χ0) is 21.1. The number of amides is 1. The quantitative estimate of drug-likeness (QED) is 0.618. The summed E-state index contributed by atoms with van der Waals surface area (Å²) in [5.74, 6) is -0.700. The van der Waals surface area contributed by atoms with E-state index in [1.165, 1.54) is 48.2 Å². The third-order valence-corrected chi connectivity index (χ3v) is 4.70. The SMILES string of the molecule is COc1cc(F)ccc1Oc1cc(Cl)c(Cl)cc1C(=O)Nc1ccn(C)c(=O)c1. The predicted molar refractivity (Wildman–Crippen MR) is 109 cm³/mol. The van der Waals surface area contributed by atoms with Crippen LogP contribution in [-0.2, 0) is 7.05 Å². The van der Waals surface area contributed by atoms with Crippen molar-refractivity contribution in [2.45, 2.75) is 0 Å². The molecule has 3 rings (SSSR count). The van der Waals surface area contributed by atoms with Crippen LogP contribution in [0.2, 0.25) is 10.0 Å². The van der Waals surface area contributed by atoms with E-state index in [0.717, 1.165) is 6.07 Å². The van der Waals surface area contributed by atoms with Gasteiger partial charge in [-0.05, 0) is 24.3 Å². The first kappa shape index (κ1) is 20.7. The summed E-state index contributed by atoms with van der Waals surface area (Å²) in [5, 5.41) is 2.91. The number of anilines is 1. The molecule has 9 heteroatoms. The molecule has 29 heavy (non-hydrogen) atoms. The molecule has 0 aliphatic carbocycles. The zero-order valence-electron chi connectivity index (χ0n) is 15.3. The summed E-state index contributed by atoms with van der Waals surface area (Å²) in [4.78, 5) is 24.6. The molecule has 1 amide bonds. The van der Waals surface area contributed by atoms with Crippen LogP contribution >= 0.6 is 23.2 Å². The lowest BCUT2D eigenvalue weighted by atomic mass is 10.1. The van der Waals surface area contributed by atoms with Crippen molar-refractivity contribution < 1.29 is 18.7 Å². The number of hydrogen-bond donors (Lipinski definition) is 1. The second-order valence-corrected chi connectivity index (χ2v) is 6.79. The van der Waals surface area contributed by atoms with Crippen LogP contribution in [-0.4, -0.2) is 17.6 Å². The third kappa shape index (κ3) is 4.70. The molecule has 0 unspecified atom stereocenters. The summed E-state index contributed by atoms with van der Waals surface area (Å²) < 4.78 is 25.7. The Hall–Kier alpha value is -3.03. The average Bonchev–Trinajstić information content (AvgIpc) is 2.68. The van der Waals surface area contributed by atoms with Gasteiger partial charge in [-0.3, -0.25) is 9.59 Å². The molecule has 1 aromatic heterocycles. The summed E-state index contributed by atoms with van der Waals surface area (Å²) in [7, 11) is 2.95. The molecular formula is C20H15Cl2FN2O4. The van der Waals surface area contributed by atoms with Crippen molar-refractivity contribution >= 4 is 34.8 Å². The fourth-order valence-electron chi connectivity index (χ4n) is 2.46. The lowest BCUT2D eigenvalue weighted by Gasteiger charge is -2.15. The van der Waals surface area contributed by atoms with E-state index in [1.807, 2.05) is 0 Å². The molecule has 0 aliphatic rings. The van der Waals surface area contributed by atoms with Gasteiger partial charge in [0.05, 0.1) is 22.7 Å². The first-order valence-electron chi connectivity index (χ1n) is 8.27. The summed E-state index contributed by atoms with van der Waals surface area (Å²) in [6, 6.07) is 9.25. The van der Waals surface area contributed by atoms with Crippen LogP contribution in [0.15, 0.2) is 53.5 Å². The molecule has 0 saturated heterocycles. The monoisotopic (exact) mass is 436 g/mol. The topological polar surface area (TPSA) is 69.6 Å². The second-order valence-electron chi connectivity index (χ2n) is 5.98. The van der Waals surface area contributed by atoms with E-state index in [-0.39, 0.29) is 38.4 Å². The number of carbonyl (C=O) groups excluding carboxylic acids is 1. The van der Waals surface area contributed by atoms with Gasteiger partial charge in [-0.1, -0.05) is 23.2 Å². The Morgan fingerprint density at radius 2 is 1.76 bits per heavy atom. The molecule has 150 valence electrons. The van der Waals surface area contributed by atoms with E-state index < -0.39 is 11.7 Å². The Kier molecular flexibility index (Phi) is 6.10. The van der Waals surface area contributed by atoms with Gasteiger partial charge in [0.25, 0.3) is 11.5 Å². The number of pyridine rings is 1. The first-order chi connectivity index (χ1) is 13.8. The minimum absolute atomic E-state index is 0.0615. The molecule has 1 heterocycles. The molecule has 2 aromatic carbocycles. The number of rotatable bonds is 5. The normalized spacial score (nSPS) is 10.5. The molecule has 1 N–H and O–H groups in total. The van der Waals surface area contributed by atoms with Crippen LogP contribution < -0.4 is 20.3 Å². The van der Waals surface area contributed by atoms with Gasteiger partial charge in [0.2, 0.25) is 0 Å². The Balaban J connectivity index is 1.98. The Labute approximate surface area is 175 Å². The van der Waals surface area contributed by atoms with Crippen LogP contribution in [0.1, 0.15) is 10.4 Å². The summed E-state index contributed by atoms with van der Waals surface area (Å²) in [6.45, 7) is 0. The molecule has 6 nitrogen and oxygen atoms in total. The van der Waals surface area contributed by atoms with E-state index >= 15 is 0 Å². The van der Waals surface area contributed by atoms with Crippen molar-refractivity contribution in [3.8, 4) is 17.2 Å². The standard InChI is InChI=1S/C20H15Cl2FN2O4/c1-25-6-5-12(8-19(25)26)24-20(27)13-9-14(21)15(22)10-17(13)29-16-4-3-11(23)7-18(16)28-2/h3-10H,1-2H3,(H,24,27). The highest BCUT2D eigenvalue weighted by molar-refractivity contribution is 6.42. The molecule has 0 radical (unpaired) electrons. The van der Waals surface area contributed by atoms with Crippen molar-refractivity contribution in [1.29, 1.82) is 0 Å². The maximum atomic E-state index is 13.4. The number of benzene rings is 2. The van der Waals surface area contributed by atoms with Crippen molar-refractivity contribution in [1.82, 2.24) is 4.57 Å². The fourth-order valence-corrected chi connectivity index (χ4v) is 2.78. The van der Waals surface area contributed by atoms with Crippen LogP contribution in [0.5, 0.6) is 17.2 Å². The van der Waals surface area contributed by atoms with Crippen LogP contribution in [0.25, 0.3) is 0 Å². The minimum atomic E-state index is -0.576. The van der Waals surface area contributed by atoms with Gasteiger partial charge in [-0.25, -0.2) is 4.39 Å². The number of aromatic nitrogens is 1. The van der Waals surface area contributed by atoms with E-state index in [4.69, 9.17) is 32.7 Å². The third-order valence-electron chi connectivity index (χ3n) is 3.97. The average molecular weight is 437 g/mol. The van der Waals surface area contributed by atoms with Gasteiger partial charge in [-0.2, -0.15) is 0 Å². The molecule has 0 saturated carbocycles. The molecule has 0 aliphatic heterocycles. The summed E-state index contributed by atoms with van der Waals surface area (Å²) in [6.07, 6.45) is 1.52. The molecule has 0 fully saturated rings. The minimum Gasteiger partial charge on any atom is -0.493 e. The number of ether oxygens (including phenoxy) is 2. The van der Waals surface area contributed by atoms with Crippen molar-refractivity contribution in [2.75, 3.05) is 12.4 Å². The van der Waals surface area contributed by atoms with E-state index in [9.17, 15) is 14.0 Å². The predicted octanol–water partition coefficient (Wildman–Crippen LogP) is 4.88. The highest BCUT2D eigenvalue weighted by Gasteiger charge is 2.19. The summed E-state index contributed by atoms with van der Waals surface area (Å²) in [5.41, 5.74) is 0.0744. The van der Waals surface area contributed by atoms with Crippen LogP contribution in [0.3, 0.4) is 0 Å². The molecule has 3 aromatic rings. The van der Waals surface area contributed by atoms with E-state index in [0.29, 0.717) is 5.69 Å². The fraction of sp³-hybridized carbons (Fsp3) is 0.100. The van der Waals surface area contributed by atoms with Gasteiger partial charge in [0, 0.05) is 37.1 Å². The Morgan fingerprint density at radius 1 is 1.03 bits per heavy atom. The number of carbonyl (C=O) groups is 1. The number of halogens is 3. The lowest BCUT2D eigenvalue weighted by Crippen LogP contribution is -2.18. The molecule has 0 spiro atoms. The number of nitrogens with one attached hydrogen (secondary N) is 1. The van der Waals surface area contributed by atoms with E-state index in [2.05, 4.69) is 5.32 Å². The van der Waals surface area contributed by atoms with Gasteiger partial charge in [0.1, 0.15) is 11.6 Å². The lowest BCUT2D eigenvalue weighted by molar-refractivity contribution is 0.102. The molecule has 0 atom stereocenters. The van der Waals surface area contributed by atoms with Gasteiger partial charge in [-0.15, -0.1) is 0 Å². The largest absolute Gasteiger partial charge is 0.493 e. The Bertz CT molecular complexity index is 1150. The van der Waals surface area contributed by atoms with Crippen LogP contribution in [0.4, 0.5) is 10.1 Å². The second kappa shape index (κ2) is 8.55. The van der Waals surface area contributed by atoms with E-state index in [1.54, 1.807) is 13.1 Å². The smallest absolute Gasteiger partial charge is 0.259 e. The first-order valence-corrected chi connectivity index (χ1v) is 9.02. The number of methoxy groups -OCH3 is 1. The number of hydrogen-bond acceptors (Lipinski definition) is 4. The van der Waals surface area contributed by atoms with Gasteiger partial charge < -0.3 is 19.4 Å². The maximum Gasteiger partial charge on any atom is 0.259 e. The highest BCUT2D eigenvalue weighted by atomic mass is 35.5. The summed E-state index contributed by atoms with van der Waals surface area (Å²) >= 11 is 12.1. The zero-order valence-corrected chi connectivity index (χ0v) is 16.8. The molecular weight excluding hydrogens is 422 g/mol. The van der Waals surface area contributed by atoms with Crippen molar-refractivity contribution in [2.24, 2.45) is 7.05 Å². The highest BCUT2D eigenvalue weighted by Crippen LogP contribution is 2.37. The molecule has 0 bridgehead atoms. The van der Waals surface area contributed by atoms with Crippen LogP contribution in [0, 0.1) is 5.82 Å².